The van der Waals surface area contributed by atoms with E-state index in [9.17, 15) is 4.79 Å². The van der Waals surface area contributed by atoms with E-state index in [4.69, 9.17) is 16.0 Å². The zero-order chi connectivity index (χ0) is 19.3. The molecule has 2 aliphatic rings. The van der Waals surface area contributed by atoms with Gasteiger partial charge in [0.2, 0.25) is 0 Å². The number of amides is 1. The Bertz CT molecular complexity index is 925. The van der Waals surface area contributed by atoms with Crippen molar-refractivity contribution in [3.63, 3.8) is 0 Å². The van der Waals surface area contributed by atoms with Gasteiger partial charge in [-0.25, -0.2) is 0 Å². The number of carbonyl (C=O) groups excluding carboxylic acids is 1. The fraction of sp³-hybridized carbons (Fsp3) is 0.476. The minimum Gasteiger partial charge on any atom is -0.450 e. The van der Waals surface area contributed by atoms with Gasteiger partial charge in [-0.2, -0.15) is 0 Å². The fourth-order valence-electron chi connectivity index (χ4n) is 4.31. The van der Waals surface area contributed by atoms with E-state index in [0.717, 1.165) is 53.7 Å². The Balaban J connectivity index is 1.92. The van der Waals surface area contributed by atoms with Gasteiger partial charge in [0.15, 0.2) is 5.76 Å². The number of halogens is 1. The lowest BCUT2D eigenvalue weighted by molar-refractivity contribution is 0.0725. The quantitative estimate of drug-likeness (QED) is 0.742. The summed E-state index contributed by atoms with van der Waals surface area (Å²) >= 11 is 6.62. The molecule has 2 aromatic rings. The second-order valence-corrected chi connectivity index (χ2v) is 8.43. The number of nitrogens with zero attached hydrogens (tertiary/aromatic N) is 1. The summed E-state index contributed by atoms with van der Waals surface area (Å²) in [7, 11) is 1.79. The molecule has 6 heteroatoms. The average molecular weight is 388 g/mol. The molecule has 1 aromatic heterocycles. The maximum Gasteiger partial charge on any atom is 0.289 e. The largest absolute Gasteiger partial charge is 0.450 e. The van der Waals surface area contributed by atoms with Crippen molar-refractivity contribution in [1.82, 2.24) is 10.2 Å². The minimum atomic E-state index is -0.249. The summed E-state index contributed by atoms with van der Waals surface area (Å²) in [5, 5.41) is 8.33. The maximum absolute atomic E-state index is 12.8. The molecule has 2 heterocycles. The number of furan rings is 1. The van der Waals surface area contributed by atoms with Crippen LogP contribution in [0.2, 0.25) is 5.02 Å². The number of hydrogen-bond donors (Lipinski definition) is 2. The van der Waals surface area contributed by atoms with Crippen LogP contribution in [0.25, 0.3) is 11.0 Å². The van der Waals surface area contributed by atoms with Gasteiger partial charge >= 0.3 is 0 Å². The van der Waals surface area contributed by atoms with Crippen molar-refractivity contribution in [1.29, 1.82) is 0 Å². The van der Waals surface area contributed by atoms with Crippen molar-refractivity contribution in [2.24, 2.45) is 0 Å². The van der Waals surface area contributed by atoms with Crippen LogP contribution in [0.3, 0.4) is 0 Å². The summed E-state index contributed by atoms with van der Waals surface area (Å²) in [5.41, 5.74) is 2.37. The van der Waals surface area contributed by atoms with Crippen LogP contribution >= 0.6 is 11.6 Å². The molecular weight excluding hydrogens is 362 g/mol. The number of benzene rings is 1. The van der Waals surface area contributed by atoms with Crippen molar-refractivity contribution < 1.29 is 9.21 Å². The smallest absolute Gasteiger partial charge is 0.289 e. The highest BCUT2D eigenvalue weighted by Gasteiger charge is 2.42. The van der Waals surface area contributed by atoms with Gasteiger partial charge in [0, 0.05) is 24.0 Å². The molecule has 27 heavy (non-hydrogen) atoms. The summed E-state index contributed by atoms with van der Waals surface area (Å²) in [6, 6.07) is 3.77. The van der Waals surface area contributed by atoms with Crippen LogP contribution in [-0.4, -0.2) is 23.9 Å². The van der Waals surface area contributed by atoms with Crippen molar-refractivity contribution in [2.45, 2.75) is 57.5 Å². The van der Waals surface area contributed by atoms with E-state index in [1.807, 2.05) is 26.0 Å². The first kappa shape index (κ1) is 18.2. The van der Waals surface area contributed by atoms with Gasteiger partial charge in [0.1, 0.15) is 5.58 Å². The second kappa shape index (κ2) is 6.48. The molecule has 1 spiro atoms. The third-order valence-corrected chi connectivity index (χ3v) is 6.21. The van der Waals surface area contributed by atoms with E-state index in [0.29, 0.717) is 10.8 Å². The normalized spacial score (nSPS) is 18.3. The monoisotopic (exact) mass is 387 g/mol. The summed E-state index contributed by atoms with van der Waals surface area (Å²) in [5.74, 6) is 0.985. The molecule has 0 saturated heterocycles. The molecule has 0 bridgehead atoms. The lowest BCUT2D eigenvalue weighted by Crippen LogP contribution is -2.48. The van der Waals surface area contributed by atoms with Crippen LogP contribution in [0.4, 0.5) is 5.69 Å². The number of anilines is 1. The zero-order valence-corrected chi connectivity index (χ0v) is 16.9. The van der Waals surface area contributed by atoms with Gasteiger partial charge in [0.05, 0.1) is 22.1 Å². The molecule has 144 valence electrons. The first-order chi connectivity index (χ1) is 12.8. The first-order valence-electron chi connectivity index (χ1n) is 9.60. The molecule has 1 fully saturated rings. The molecule has 0 radical (unpaired) electrons. The van der Waals surface area contributed by atoms with E-state index in [1.54, 1.807) is 11.9 Å². The molecule has 1 aromatic carbocycles. The molecule has 1 aliphatic carbocycles. The van der Waals surface area contributed by atoms with Crippen LogP contribution in [0, 0.1) is 0 Å². The standard InChI is InChI=1S/C21H26ClN3O2/c1-12(2)25(4)20(26)16-11-14-10-15(22)18-17(19(14)27-16)21(24-13(3)23-18)8-6-5-7-9-21/h10-12,23-24H,3,5-9H2,1-2,4H3. The lowest BCUT2D eigenvalue weighted by atomic mass is 9.74. The Kier molecular flexibility index (Phi) is 4.38. The SMILES string of the molecule is C=C1Nc2c(Cl)cc3cc(C(=O)N(C)C(C)C)oc3c2C2(CCCCC2)N1. The topological polar surface area (TPSA) is 57.5 Å². The molecule has 0 atom stereocenters. The van der Waals surface area contributed by atoms with Gasteiger partial charge in [-0.1, -0.05) is 37.4 Å². The maximum atomic E-state index is 12.8. The van der Waals surface area contributed by atoms with Gasteiger partial charge in [-0.05, 0) is 38.8 Å². The number of carbonyl (C=O) groups is 1. The molecule has 0 unspecified atom stereocenters. The molecule has 5 nitrogen and oxygen atoms in total. The number of rotatable bonds is 2. The molecule has 2 N–H and O–H groups in total. The van der Waals surface area contributed by atoms with E-state index in [-0.39, 0.29) is 17.5 Å². The fourth-order valence-corrected chi connectivity index (χ4v) is 4.56. The summed E-state index contributed by atoms with van der Waals surface area (Å²) in [6.45, 7) is 8.05. The first-order valence-corrected chi connectivity index (χ1v) is 9.98. The van der Waals surface area contributed by atoms with E-state index < -0.39 is 0 Å². The second-order valence-electron chi connectivity index (χ2n) is 8.02. The third kappa shape index (κ3) is 2.89. The van der Waals surface area contributed by atoms with Crippen LogP contribution in [0.5, 0.6) is 0 Å². The Morgan fingerprint density at radius 1 is 1.30 bits per heavy atom. The highest BCUT2D eigenvalue weighted by molar-refractivity contribution is 6.34. The van der Waals surface area contributed by atoms with Crippen LogP contribution in [-0.2, 0) is 5.54 Å². The van der Waals surface area contributed by atoms with Gasteiger partial charge < -0.3 is 20.0 Å². The van der Waals surface area contributed by atoms with Gasteiger partial charge in [-0.15, -0.1) is 0 Å². The highest BCUT2D eigenvalue weighted by atomic mass is 35.5. The number of fused-ring (bicyclic) bond motifs is 4. The highest BCUT2D eigenvalue weighted by Crippen LogP contribution is 2.49. The lowest BCUT2D eigenvalue weighted by Gasteiger charge is -2.44. The molecule has 4 rings (SSSR count). The number of hydrogen-bond acceptors (Lipinski definition) is 4. The van der Waals surface area contributed by atoms with E-state index >= 15 is 0 Å². The van der Waals surface area contributed by atoms with Gasteiger partial charge in [-0.3, -0.25) is 4.79 Å². The van der Waals surface area contributed by atoms with E-state index in [1.165, 1.54) is 6.42 Å². The Morgan fingerprint density at radius 2 is 2.00 bits per heavy atom. The summed E-state index contributed by atoms with van der Waals surface area (Å²) in [4.78, 5) is 14.5. The van der Waals surface area contributed by atoms with Crippen molar-refractivity contribution in [3.05, 3.63) is 40.9 Å². The summed E-state index contributed by atoms with van der Waals surface area (Å²) in [6.07, 6.45) is 5.48. The predicted molar refractivity (Wildman–Crippen MR) is 109 cm³/mol. The van der Waals surface area contributed by atoms with Crippen LogP contribution in [0.1, 0.15) is 62.1 Å². The average Bonchev–Trinajstić information content (AvgIpc) is 3.04. The van der Waals surface area contributed by atoms with Gasteiger partial charge in [0.25, 0.3) is 5.91 Å². The van der Waals surface area contributed by atoms with Crippen molar-refractivity contribution >= 4 is 34.2 Å². The molecule has 1 saturated carbocycles. The Labute approximate surface area is 164 Å². The van der Waals surface area contributed by atoms with Crippen molar-refractivity contribution in [2.75, 3.05) is 12.4 Å². The molecule has 1 amide bonds. The predicted octanol–water partition coefficient (Wildman–Crippen LogP) is 5.21. The zero-order valence-electron chi connectivity index (χ0n) is 16.1. The Morgan fingerprint density at radius 3 is 2.67 bits per heavy atom. The minimum absolute atomic E-state index is 0.0968. The van der Waals surface area contributed by atoms with Crippen molar-refractivity contribution in [3.8, 4) is 0 Å². The molecular formula is C21H26ClN3O2. The van der Waals surface area contributed by atoms with Crippen LogP contribution in [0.15, 0.2) is 28.9 Å². The number of nitrogens with one attached hydrogen (secondary N) is 2. The Hall–Kier alpha value is -2.14. The van der Waals surface area contributed by atoms with Crippen LogP contribution < -0.4 is 10.6 Å². The summed E-state index contributed by atoms with van der Waals surface area (Å²) < 4.78 is 6.16. The molecule has 1 aliphatic heterocycles. The third-order valence-electron chi connectivity index (χ3n) is 5.92. The van der Waals surface area contributed by atoms with E-state index in [2.05, 4.69) is 17.2 Å².